The van der Waals surface area contributed by atoms with Gasteiger partial charge >= 0.3 is 0 Å². The number of allylic oxidation sites excluding steroid dienone is 9. The lowest BCUT2D eigenvalue weighted by Crippen LogP contribution is -2.45. The zero-order chi connectivity index (χ0) is 49.2. The molecule has 0 aromatic heterocycles. The number of likely N-dealkylation sites (N-methyl/N-ethyl adjacent to an activating group) is 1. The molecule has 0 bridgehead atoms. The maximum atomic E-state index is 12.9. The second-order valence-electron chi connectivity index (χ2n) is 20.3. The molecule has 0 aliphatic heterocycles. The van der Waals surface area contributed by atoms with Crippen LogP contribution in [0.4, 0.5) is 0 Å². The Balaban J connectivity index is 4.29. The topological polar surface area (TPSA) is 108 Å². The summed E-state index contributed by atoms with van der Waals surface area (Å²) >= 11 is 0. The number of hydrogen-bond donors (Lipinski definition) is 2. The number of hydrogen-bond acceptors (Lipinski definition) is 6. The maximum Gasteiger partial charge on any atom is 0.268 e. The molecular weight excluding hydrogens is 852 g/mol. The third-order valence-corrected chi connectivity index (χ3v) is 13.4. The Morgan fingerprint density at radius 2 is 0.881 bits per heavy atom. The van der Waals surface area contributed by atoms with Crippen molar-refractivity contribution in [3.8, 4) is 0 Å². The molecule has 0 aliphatic rings. The van der Waals surface area contributed by atoms with Crippen LogP contribution in [0.1, 0.15) is 251 Å². The molecule has 0 radical (unpaired) electrons. The van der Waals surface area contributed by atoms with Crippen LogP contribution in [-0.2, 0) is 18.4 Å². The molecule has 0 rings (SSSR count). The first-order chi connectivity index (χ1) is 32.5. The standard InChI is InChI=1S/C58H109N2O6P/c1-6-8-10-12-14-16-18-20-22-24-26-27-28-29-30-31-32-34-35-37-39-41-43-45-47-49-51-57(61)56(55-66-67(63,64)65-54-53-60(3,4)5)59-58(62)52-50-48-46-44-42-40-38-36-33-25-23-21-19-17-15-13-11-9-7-2/h15,17,21,23,33,36,41,43,49,51,56-57,61H,6-14,16,18-20,22,24-32,34-35,37-40,42,44-48,50,52-55H2,1-5H3,(H-,59,62,63,64)/b17-15-,23-21-,36-33-,43-41+,51-49+. The number of aliphatic hydroxyl groups is 1. The smallest absolute Gasteiger partial charge is 0.268 e. The molecule has 2 N–H and O–H groups in total. The summed E-state index contributed by atoms with van der Waals surface area (Å²) in [6, 6.07) is -0.913. The number of quaternary nitrogens is 1. The van der Waals surface area contributed by atoms with Crippen LogP contribution in [-0.4, -0.2) is 68.5 Å². The summed E-state index contributed by atoms with van der Waals surface area (Å²) < 4.78 is 23.3. The molecule has 0 aliphatic carbocycles. The minimum absolute atomic E-state index is 0.0112. The van der Waals surface area contributed by atoms with Gasteiger partial charge in [0.1, 0.15) is 13.2 Å². The van der Waals surface area contributed by atoms with E-state index in [1.807, 2.05) is 27.2 Å². The number of phosphoric acid groups is 1. The molecule has 0 saturated carbocycles. The summed E-state index contributed by atoms with van der Waals surface area (Å²) in [4.78, 5) is 25.5. The fourth-order valence-electron chi connectivity index (χ4n) is 8.00. The fourth-order valence-corrected chi connectivity index (χ4v) is 8.72. The number of aliphatic hydroxyl groups excluding tert-OH is 1. The lowest BCUT2D eigenvalue weighted by atomic mass is 10.0. The van der Waals surface area contributed by atoms with E-state index in [9.17, 15) is 19.4 Å². The number of phosphoric ester groups is 1. The first-order valence-electron chi connectivity index (χ1n) is 28.2. The number of unbranched alkanes of at least 4 members (excludes halogenated alkanes) is 30. The normalized spacial score (nSPS) is 14.4. The number of amides is 1. The average Bonchev–Trinajstić information content (AvgIpc) is 3.29. The predicted molar refractivity (Wildman–Crippen MR) is 288 cm³/mol. The minimum atomic E-state index is -4.61. The van der Waals surface area contributed by atoms with Crippen LogP contribution in [0.3, 0.4) is 0 Å². The van der Waals surface area contributed by atoms with Gasteiger partial charge < -0.3 is 28.8 Å². The SMILES string of the molecule is CCCCC/C=C\C/C=C\C/C=C\CCCCCCCCC(=O)NC(COP(=O)([O-])OCC[N+](C)(C)C)C(O)/C=C/CC/C=C/CCCCCCCCCCCCCCCCCCCCCC. The van der Waals surface area contributed by atoms with E-state index >= 15 is 0 Å². The van der Waals surface area contributed by atoms with Crippen molar-refractivity contribution in [3.05, 3.63) is 60.8 Å². The average molecular weight is 961 g/mol. The number of carbonyl (C=O) groups excluding carboxylic acids is 1. The molecule has 0 heterocycles. The van der Waals surface area contributed by atoms with E-state index < -0.39 is 26.6 Å². The molecule has 0 aromatic rings. The molecule has 0 spiro atoms. The summed E-state index contributed by atoms with van der Waals surface area (Å²) in [5.41, 5.74) is 0. The highest BCUT2D eigenvalue weighted by atomic mass is 31.2. The Hall–Kier alpha value is -1.80. The van der Waals surface area contributed by atoms with Crippen LogP contribution in [0.15, 0.2) is 60.8 Å². The van der Waals surface area contributed by atoms with Crippen LogP contribution in [0.25, 0.3) is 0 Å². The summed E-state index contributed by atoms with van der Waals surface area (Å²) in [5, 5.41) is 13.8. The molecule has 392 valence electrons. The number of rotatable bonds is 51. The van der Waals surface area contributed by atoms with Gasteiger partial charge in [-0.25, -0.2) is 0 Å². The highest BCUT2D eigenvalue weighted by molar-refractivity contribution is 7.45. The number of nitrogens with one attached hydrogen (secondary N) is 1. The van der Waals surface area contributed by atoms with Gasteiger partial charge in [0.05, 0.1) is 39.9 Å². The fraction of sp³-hybridized carbons (Fsp3) is 0.810. The summed E-state index contributed by atoms with van der Waals surface area (Å²) in [5.74, 6) is -0.220. The first kappa shape index (κ1) is 65.2. The van der Waals surface area contributed by atoms with E-state index in [-0.39, 0.29) is 12.5 Å². The highest BCUT2D eigenvalue weighted by Gasteiger charge is 2.23. The second kappa shape index (κ2) is 49.2. The molecule has 9 heteroatoms. The lowest BCUT2D eigenvalue weighted by molar-refractivity contribution is -0.870. The van der Waals surface area contributed by atoms with Gasteiger partial charge in [0.25, 0.3) is 7.82 Å². The Bertz CT molecular complexity index is 1270. The van der Waals surface area contributed by atoms with Crippen LogP contribution < -0.4 is 10.2 Å². The third kappa shape index (κ3) is 51.9. The molecule has 8 nitrogen and oxygen atoms in total. The van der Waals surface area contributed by atoms with E-state index in [4.69, 9.17) is 9.05 Å². The van der Waals surface area contributed by atoms with Gasteiger partial charge in [-0.2, -0.15) is 0 Å². The van der Waals surface area contributed by atoms with Gasteiger partial charge in [0.2, 0.25) is 5.91 Å². The number of nitrogens with zero attached hydrogens (tertiary/aromatic N) is 1. The van der Waals surface area contributed by atoms with Crippen LogP contribution in [0, 0.1) is 0 Å². The van der Waals surface area contributed by atoms with Crippen molar-refractivity contribution in [1.29, 1.82) is 0 Å². The van der Waals surface area contributed by atoms with Crippen LogP contribution in [0.5, 0.6) is 0 Å². The largest absolute Gasteiger partial charge is 0.756 e. The zero-order valence-electron chi connectivity index (χ0n) is 44.6. The van der Waals surface area contributed by atoms with Crippen molar-refractivity contribution >= 4 is 13.7 Å². The predicted octanol–water partition coefficient (Wildman–Crippen LogP) is 16.3. The van der Waals surface area contributed by atoms with Crippen molar-refractivity contribution < 1.29 is 32.9 Å². The Kier molecular flexibility index (Phi) is 47.9. The van der Waals surface area contributed by atoms with Gasteiger partial charge in [0.15, 0.2) is 0 Å². The molecule has 1 amide bonds. The Morgan fingerprint density at radius 1 is 0.522 bits per heavy atom. The summed E-state index contributed by atoms with van der Waals surface area (Å²) in [6.45, 7) is 4.61. The van der Waals surface area contributed by atoms with Crippen molar-refractivity contribution in [2.45, 2.75) is 264 Å². The molecule has 67 heavy (non-hydrogen) atoms. The highest BCUT2D eigenvalue weighted by Crippen LogP contribution is 2.38. The van der Waals surface area contributed by atoms with E-state index in [0.717, 1.165) is 64.2 Å². The molecule has 0 aromatic carbocycles. The van der Waals surface area contributed by atoms with E-state index in [0.29, 0.717) is 17.4 Å². The van der Waals surface area contributed by atoms with Crippen molar-refractivity contribution in [2.24, 2.45) is 0 Å². The van der Waals surface area contributed by atoms with Gasteiger partial charge in [0, 0.05) is 6.42 Å². The van der Waals surface area contributed by atoms with Crippen molar-refractivity contribution in [3.63, 3.8) is 0 Å². The minimum Gasteiger partial charge on any atom is -0.756 e. The zero-order valence-corrected chi connectivity index (χ0v) is 45.5. The molecule has 3 atom stereocenters. The van der Waals surface area contributed by atoms with E-state index in [1.54, 1.807) is 6.08 Å². The molecule has 0 saturated heterocycles. The van der Waals surface area contributed by atoms with Crippen molar-refractivity contribution in [2.75, 3.05) is 40.9 Å². The van der Waals surface area contributed by atoms with Crippen LogP contribution in [0.2, 0.25) is 0 Å². The monoisotopic (exact) mass is 961 g/mol. The lowest BCUT2D eigenvalue weighted by Gasteiger charge is -2.29. The van der Waals surface area contributed by atoms with Crippen molar-refractivity contribution in [1.82, 2.24) is 5.32 Å². The van der Waals surface area contributed by atoms with Gasteiger partial charge in [-0.3, -0.25) is 9.36 Å². The van der Waals surface area contributed by atoms with Crippen LogP contribution >= 0.6 is 7.82 Å². The Morgan fingerprint density at radius 3 is 1.34 bits per heavy atom. The molecule has 3 unspecified atom stereocenters. The Labute approximate surface area is 415 Å². The van der Waals surface area contributed by atoms with E-state index in [2.05, 4.69) is 67.8 Å². The number of carbonyl (C=O) groups is 1. The molecule has 0 fully saturated rings. The molecular formula is C58H109N2O6P. The van der Waals surface area contributed by atoms with Gasteiger partial charge in [-0.05, 0) is 70.6 Å². The summed E-state index contributed by atoms with van der Waals surface area (Å²) in [7, 11) is 1.23. The quantitative estimate of drug-likeness (QED) is 0.0272. The maximum absolute atomic E-state index is 12.9. The van der Waals surface area contributed by atoms with Gasteiger partial charge in [-0.1, -0.05) is 235 Å². The first-order valence-corrected chi connectivity index (χ1v) is 29.6. The summed E-state index contributed by atoms with van der Waals surface area (Å²) in [6.07, 6.45) is 65.8. The second-order valence-corrected chi connectivity index (χ2v) is 21.7. The van der Waals surface area contributed by atoms with Gasteiger partial charge in [-0.15, -0.1) is 0 Å². The van der Waals surface area contributed by atoms with E-state index in [1.165, 1.54) is 167 Å². The third-order valence-electron chi connectivity index (χ3n) is 12.4.